The van der Waals surface area contributed by atoms with Gasteiger partial charge in [0.25, 0.3) is 0 Å². The van der Waals surface area contributed by atoms with Crippen LogP contribution in [0.25, 0.3) is 0 Å². The molecule has 19 heavy (non-hydrogen) atoms. The number of methoxy groups -OCH3 is 1. The standard InChI is InChI=1S/C11H13F3N2O3/c1-18-4-5-19-10-3-2-8(7-15-10)16-9(17)6-11(12,13)14/h2-3,7H,4-6H2,1H3,(H,16,17). The number of hydrogen-bond donors (Lipinski definition) is 1. The Labute approximate surface area is 107 Å². The predicted octanol–water partition coefficient (Wildman–Crippen LogP) is 2.00. The highest BCUT2D eigenvalue weighted by Crippen LogP contribution is 2.20. The fraction of sp³-hybridized carbons (Fsp3) is 0.455. The van der Waals surface area contributed by atoms with Crippen molar-refractivity contribution in [1.29, 1.82) is 0 Å². The van der Waals surface area contributed by atoms with E-state index in [-0.39, 0.29) is 5.69 Å². The van der Waals surface area contributed by atoms with Crippen molar-refractivity contribution >= 4 is 11.6 Å². The van der Waals surface area contributed by atoms with Crippen molar-refractivity contribution in [2.75, 3.05) is 25.6 Å². The van der Waals surface area contributed by atoms with Crippen molar-refractivity contribution in [3.63, 3.8) is 0 Å². The molecule has 0 fully saturated rings. The van der Waals surface area contributed by atoms with Crippen LogP contribution in [0.5, 0.6) is 5.88 Å². The number of anilines is 1. The minimum absolute atomic E-state index is 0.174. The van der Waals surface area contributed by atoms with Crippen LogP contribution in [0.15, 0.2) is 18.3 Å². The van der Waals surface area contributed by atoms with Gasteiger partial charge in [0.1, 0.15) is 13.0 Å². The monoisotopic (exact) mass is 278 g/mol. The lowest BCUT2D eigenvalue weighted by atomic mass is 10.3. The summed E-state index contributed by atoms with van der Waals surface area (Å²) in [6.07, 6.45) is -4.84. The summed E-state index contributed by atoms with van der Waals surface area (Å²) in [6, 6.07) is 2.85. The first-order valence-corrected chi connectivity index (χ1v) is 5.35. The first kappa shape index (κ1) is 15.2. The molecule has 0 aliphatic rings. The Balaban J connectivity index is 2.45. The molecule has 0 aromatic carbocycles. The third-order valence-corrected chi connectivity index (χ3v) is 1.92. The molecule has 1 amide bonds. The summed E-state index contributed by atoms with van der Waals surface area (Å²) in [5.41, 5.74) is 0.174. The summed E-state index contributed by atoms with van der Waals surface area (Å²) in [7, 11) is 1.52. The van der Waals surface area contributed by atoms with E-state index in [1.807, 2.05) is 0 Å². The van der Waals surface area contributed by atoms with E-state index in [9.17, 15) is 18.0 Å². The Bertz CT molecular complexity index is 407. The molecule has 0 atom stereocenters. The van der Waals surface area contributed by atoms with E-state index < -0.39 is 18.5 Å². The normalized spacial score (nSPS) is 11.2. The highest BCUT2D eigenvalue weighted by Gasteiger charge is 2.31. The molecule has 1 rings (SSSR count). The molecule has 1 heterocycles. The number of pyridine rings is 1. The molecule has 8 heteroatoms. The zero-order valence-electron chi connectivity index (χ0n) is 10.2. The van der Waals surface area contributed by atoms with Gasteiger partial charge in [0.15, 0.2) is 0 Å². The fourth-order valence-corrected chi connectivity index (χ4v) is 1.16. The molecular weight excluding hydrogens is 265 g/mol. The summed E-state index contributed by atoms with van der Waals surface area (Å²) < 4.78 is 45.7. The van der Waals surface area contributed by atoms with Gasteiger partial charge in [-0.3, -0.25) is 4.79 Å². The number of rotatable bonds is 6. The topological polar surface area (TPSA) is 60.5 Å². The number of alkyl halides is 3. The highest BCUT2D eigenvalue weighted by atomic mass is 19.4. The number of amides is 1. The maximum absolute atomic E-state index is 11.9. The van der Waals surface area contributed by atoms with Gasteiger partial charge >= 0.3 is 6.18 Å². The van der Waals surface area contributed by atoms with Gasteiger partial charge in [0, 0.05) is 13.2 Å². The van der Waals surface area contributed by atoms with Crippen molar-refractivity contribution in [2.24, 2.45) is 0 Å². The van der Waals surface area contributed by atoms with Crippen LogP contribution in [0, 0.1) is 0 Å². The minimum atomic E-state index is -4.53. The predicted molar refractivity (Wildman–Crippen MR) is 60.9 cm³/mol. The zero-order valence-corrected chi connectivity index (χ0v) is 10.2. The molecule has 106 valence electrons. The molecule has 5 nitrogen and oxygen atoms in total. The quantitative estimate of drug-likeness (QED) is 0.808. The Hall–Kier alpha value is -1.83. The van der Waals surface area contributed by atoms with Crippen molar-refractivity contribution in [1.82, 2.24) is 4.98 Å². The van der Waals surface area contributed by atoms with Gasteiger partial charge in [-0.25, -0.2) is 4.98 Å². The van der Waals surface area contributed by atoms with Crippen LogP contribution in [-0.4, -0.2) is 37.4 Å². The van der Waals surface area contributed by atoms with Crippen LogP contribution < -0.4 is 10.1 Å². The number of nitrogens with zero attached hydrogens (tertiary/aromatic N) is 1. The lowest BCUT2D eigenvalue weighted by molar-refractivity contribution is -0.150. The van der Waals surface area contributed by atoms with E-state index in [2.05, 4.69) is 10.3 Å². The highest BCUT2D eigenvalue weighted by molar-refractivity contribution is 5.90. The number of nitrogens with one attached hydrogen (secondary N) is 1. The number of aromatic nitrogens is 1. The van der Waals surface area contributed by atoms with E-state index in [0.29, 0.717) is 19.1 Å². The molecule has 0 saturated carbocycles. The van der Waals surface area contributed by atoms with Gasteiger partial charge in [0.05, 0.1) is 18.5 Å². The second-order valence-electron chi connectivity index (χ2n) is 3.57. The van der Waals surface area contributed by atoms with Gasteiger partial charge in [-0.2, -0.15) is 13.2 Å². The van der Waals surface area contributed by atoms with Crippen molar-refractivity contribution in [3.8, 4) is 5.88 Å². The maximum Gasteiger partial charge on any atom is 0.397 e. The SMILES string of the molecule is COCCOc1ccc(NC(=O)CC(F)(F)F)cn1. The molecule has 1 N–H and O–H groups in total. The lowest BCUT2D eigenvalue weighted by Gasteiger charge is -2.08. The summed E-state index contributed by atoms with van der Waals surface area (Å²) in [5.74, 6) is -0.840. The summed E-state index contributed by atoms with van der Waals surface area (Å²) in [6.45, 7) is 0.703. The van der Waals surface area contributed by atoms with E-state index >= 15 is 0 Å². The van der Waals surface area contributed by atoms with Crippen LogP contribution in [-0.2, 0) is 9.53 Å². The number of halogens is 3. The summed E-state index contributed by atoms with van der Waals surface area (Å²) >= 11 is 0. The average molecular weight is 278 g/mol. The summed E-state index contributed by atoms with van der Waals surface area (Å²) in [5, 5.41) is 2.09. The third-order valence-electron chi connectivity index (χ3n) is 1.92. The summed E-state index contributed by atoms with van der Waals surface area (Å²) in [4.78, 5) is 14.8. The molecule has 0 radical (unpaired) electrons. The van der Waals surface area contributed by atoms with Gasteiger partial charge in [-0.15, -0.1) is 0 Å². The van der Waals surface area contributed by atoms with Gasteiger partial charge in [0.2, 0.25) is 11.8 Å². The number of carbonyl (C=O) groups excluding carboxylic acids is 1. The van der Waals surface area contributed by atoms with Crippen molar-refractivity contribution in [2.45, 2.75) is 12.6 Å². The molecule has 0 bridgehead atoms. The van der Waals surface area contributed by atoms with Crippen LogP contribution in [0.3, 0.4) is 0 Å². The molecule has 0 unspecified atom stereocenters. The first-order chi connectivity index (χ1) is 8.90. The third kappa shape index (κ3) is 6.61. The molecule has 0 aliphatic heterocycles. The molecule has 0 saturated heterocycles. The first-order valence-electron chi connectivity index (χ1n) is 5.35. The average Bonchev–Trinajstić information content (AvgIpc) is 2.29. The molecule has 0 spiro atoms. The number of hydrogen-bond acceptors (Lipinski definition) is 4. The fourth-order valence-electron chi connectivity index (χ4n) is 1.16. The minimum Gasteiger partial charge on any atom is -0.475 e. The van der Waals surface area contributed by atoms with Gasteiger partial charge < -0.3 is 14.8 Å². The van der Waals surface area contributed by atoms with E-state index in [0.717, 1.165) is 0 Å². The smallest absolute Gasteiger partial charge is 0.397 e. The van der Waals surface area contributed by atoms with E-state index in [1.54, 1.807) is 0 Å². The Kier molecular flexibility index (Phi) is 5.56. The molecule has 1 aromatic heterocycles. The van der Waals surface area contributed by atoms with Crippen LogP contribution in [0.1, 0.15) is 6.42 Å². The lowest BCUT2D eigenvalue weighted by Crippen LogP contribution is -2.21. The largest absolute Gasteiger partial charge is 0.475 e. The van der Waals surface area contributed by atoms with Crippen LogP contribution in [0.2, 0.25) is 0 Å². The van der Waals surface area contributed by atoms with E-state index in [1.165, 1.54) is 25.4 Å². The number of carbonyl (C=O) groups is 1. The Morgan fingerprint density at radius 1 is 1.37 bits per heavy atom. The molecule has 1 aromatic rings. The molecule has 0 aliphatic carbocycles. The van der Waals surface area contributed by atoms with Crippen LogP contribution in [0.4, 0.5) is 18.9 Å². The Morgan fingerprint density at radius 3 is 2.63 bits per heavy atom. The van der Waals surface area contributed by atoms with Crippen LogP contribution >= 0.6 is 0 Å². The zero-order chi connectivity index (χ0) is 14.3. The van der Waals surface area contributed by atoms with Crippen molar-refractivity contribution < 1.29 is 27.4 Å². The second kappa shape index (κ2) is 6.93. The number of ether oxygens (including phenoxy) is 2. The van der Waals surface area contributed by atoms with E-state index in [4.69, 9.17) is 9.47 Å². The second-order valence-corrected chi connectivity index (χ2v) is 3.57. The van der Waals surface area contributed by atoms with Gasteiger partial charge in [-0.1, -0.05) is 0 Å². The van der Waals surface area contributed by atoms with Crippen molar-refractivity contribution in [3.05, 3.63) is 18.3 Å². The molecular formula is C11H13F3N2O3. The maximum atomic E-state index is 11.9. The van der Waals surface area contributed by atoms with Gasteiger partial charge in [-0.05, 0) is 6.07 Å². The Morgan fingerprint density at radius 2 is 2.11 bits per heavy atom.